The molecule has 214 valence electrons. The fraction of sp³-hybridized carbons (Fsp3) is 0.321. The highest BCUT2D eigenvalue weighted by molar-refractivity contribution is 5.85. The van der Waals surface area contributed by atoms with Crippen LogP contribution in [0.3, 0.4) is 0 Å². The zero-order valence-electron chi connectivity index (χ0n) is 22.0. The average Bonchev–Trinajstić information content (AvgIpc) is 3.43. The highest BCUT2D eigenvalue weighted by Crippen LogP contribution is 2.34. The number of hydrogen-bond donors (Lipinski definition) is 0. The molecule has 5 rings (SSSR count). The maximum atomic E-state index is 13.4. The number of nitrogens with zero attached hydrogens (tertiary/aromatic N) is 6. The van der Waals surface area contributed by atoms with Crippen molar-refractivity contribution in [2.75, 3.05) is 33.8 Å². The first-order valence-electron chi connectivity index (χ1n) is 12.4. The summed E-state index contributed by atoms with van der Waals surface area (Å²) in [5, 5.41) is 10.0. The Labute approximate surface area is 243 Å². The minimum absolute atomic E-state index is 0. The van der Waals surface area contributed by atoms with E-state index < -0.39 is 12.0 Å². The molecule has 2 heterocycles. The van der Waals surface area contributed by atoms with Gasteiger partial charge in [-0.3, -0.25) is 9.80 Å². The van der Waals surface area contributed by atoms with E-state index in [9.17, 15) is 13.2 Å². The lowest BCUT2D eigenvalue weighted by molar-refractivity contribution is -0.146. The fourth-order valence-corrected chi connectivity index (χ4v) is 5.22. The van der Waals surface area contributed by atoms with Crippen LogP contribution in [0.1, 0.15) is 28.4 Å². The third kappa shape index (κ3) is 6.75. The third-order valence-corrected chi connectivity index (χ3v) is 7.11. The van der Waals surface area contributed by atoms with E-state index in [0.29, 0.717) is 12.3 Å². The number of ether oxygens (including phenoxy) is 1. The van der Waals surface area contributed by atoms with Crippen LogP contribution >= 0.6 is 24.8 Å². The minimum Gasteiger partial charge on any atom is -0.496 e. The smallest absolute Gasteiger partial charge is 0.453 e. The summed E-state index contributed by atoms with van der Waals surface area (Å²) < 4.78 is 46.6. The van der Waals surface area contributed by atoms with Crippen LogP contribution in [0.15, 0.2) is 78.9 Å². The Hall–Kier alpha value is -3.18. The van der Waals surface area contributed by atoms with Gasteiger partial charge in [-0.05, 0) is 46.8 Å². The van der Waals surface area contributed by atoms with E-state index in [2.05, 4.69) is 80.9 Å². The maximum absolute atomic E-state index is 13.4. The van der Waals surface area contributed by atoms with Crippen molar-refractivity contribution in [3.63, 3.8) is 0 Å². The number of alkyl halides is 3. The van der Waals surface area contributed by atoms with Crippen LogP contribution in [-0.2, 0) is 12.7 Å². The van der Waals surface area contributed by atoms with Crippen molar-refractivity contribution in [1.29, 1.82) is 0 Å². The average molecular weight is 595 g/mol. The predicted octanol–water partition coefficient (Wildman–Crippen LogP) is 5.48. The van der Waals surface area contributed by atoms with Gasteiger partial charge in [0, 0.05) is 43.7 Å². The molecule has 0 saturated carbocycles. The molecule has 0 N–H and O–H groups in total. The zero-order chi connectivity index (χ0) is 26.7. The van der Waals surface area contributed by atoms with Crippen molar-refractivity contribution >= 4 is 24.8 Å². The number of tetrazole rings is 1. The van der Waals surface area contributed by atoms with Gasteiger partial charge in [-0.1, -0.05) is 60.7 Å². The SMILES string of the molecule is COc1ccc(-n2nnnc2C(F)(F)F)cc1CN1CCN(C)C(C(c2ccccc2)c2ccccc2)C1.Cl.Cl. The van der Waals surface area contributed by atoms with Gasteiger partial charge in [-0.2, -0.15) is 17.9 Å². The first-order valence-corrected chi connectivity index (χ1v) is 12.4. The first kappa shape index (κ1) is 31.3. The Morgan fingerprint density at radius 2 is 1.55 bits per heavy atom. The number of piperazine rings is 1. The van der Waals surface area contributed by atoms with Crippen molar-refractivity contribution in [1.82, 2.24) is 30.0 Å². The lowest BCUT2D eigenvalue weighted by Crippen LogP contribution is -2.53. The minimum atomic E-state index is -4.67. The van der Waals surface area contributed by atoms with Crippen LogP contribution in [0, 0.1) is 0 Å². The van der Waals surface area contributed by atoms with Gasteiger partial charge < -0.3 is 4.74 Å². The largest absolute Gasteiger partial charge is 0.496 e. The molecule has 0 aliphatic carbocycles. The predicted molar refractivity (Wildman–Crippen MR) is 152 cm³/mol. The molecule has 1 fully saturated rings. The van der Waals surface area contributed by atoms with E-state index in [-0.39, 0.29) is 42.5 Å². The van der Waals surface area contributed by atoms with E-state index in [1.54, 1.807) is 19.2 Å². The van der Waals surface area contributed by atoms with Crippen molar-refractivity contribution in [3.05, 3.63) is 101 Å². The van der Waals surface area contributed by atoms with Crippen LogP contribution in [0.2, 0.25) is 0 Å². The van der Waals surface area contributed by atoms with Crippen LogP contribution < -0.4 is 4.74 Å². The first-order chi connectivity index (χ1) is 18.3. The number of likely N-dealkylation sites (N-methyl/N-ethyl adjacent to an activating group) is 1. The summed E-state index contributed by atoms with van der Waals surface area (Å²) >= 11 is 0. The summed E-state index contributed by atoms with van der Waals surface area (Å²) in [5.74, 6) is -0.399. The maximum Gasteiger partial charge on any atom is 0.453 e. The van der Waals surface area contributed by atoms with E-state index in [1.165, 1.54) is 17.2 Å². The molecular formula is C28H31Cl2F3N6O. The quantitative estimate of drug-likeness (QED) is 0.282. The fourth-order valence-electron chi connectivity index (χ4n) is 5.22. The number of benzene rings is 3. The summed E-state index contributed by atoms with van der Waals surface area (Å²) in [6.45, 7) is 2.96. The Kier molecular flexibility index (Phi) is 10.5. The van der Waals surface area contributed by atoms with Crippen molar-refractivity contribution < 1.29 is 17.9 Å². The van der Waals surface area contributed by atoms with E-state index in [0.717, 1.165) is 29.9 Å². The molecule has 1 saturated heterocycles. The number of halogens is 5. The monoisotopic (exact) mass is 594 g/mol. The zero-order valence-corrected chi connectivity index (χ0v) is 23.7. The van der Waals surface area contributed by atoms with Crippen LogP contribution in [0.25, 0.3) is 5.69 Å². The molecule has 7 nitrogen and oxygen atoms in total. The second-order valence-corrected chi connectivity index (χ2v) is 9.49. The molecule has 12 heteroatoms. The number of rotatable bonds is 7. The number of methoxy groups -OCH3 is 1. The Balaban J connectivity index is 0.00000220. The van der Waals surface area contributed by atoms with Gasteiger partial charge in [0.25, 0.3) is 5.82 Å². The van der Waals surface area contributed by atoms with Crippen molar-refractivity contribution in [3.8, 4) is 11.4 Å². The van der Waals surface area contributed by atoms with Crippen molar-refractivity contribution in [2.45, 2.75) is 24.7 Å². The molecule has 0 amide bonds. The molecule has 3 aromatic carbocycles. The van der Waals surface area contributed by atoms with Gasteiger partial charge in [0.05, 0.1) is 12.8 Å². The molecule has 0 radical (unpaired) electrons. The van der Waals surface area contributed by atoms with Gasteiger partial charge in [0.1, 0.15) is 5.75 Å². The Bertz CT molecular complexity index is 1320. The van der Waals surface area contributed by atoms with E-state index >= 15 is 0 Å². The highest BCUT2D eigenvalue weighted by Gasteiger charge is 2.39. The van der Waals surface area contributed by atoms with Crippen LogP contribution in [-0.4, -0.2) is 69.8 Å². The van der Waals surface area contributed by atoms with Gasteiger partial charge in [0.15, 0.2) is 0 Å². The van der Waals surface area contributed by atoms with E-state index in [1.807, 2.05) is 12.1 Å². The van der Waals surface area contributed by atoms with Gasteiger partial charge in [0.2, 0.25) is 0 Å². The Morgan fingerprint density at radius 1 is 0.925 bits per heavy atom. The summed E-state index contributed by atoms with van der Waals surface area (Å²) in [7, 11) is 3.71. The normalized spacial score (nSPS) is 16.3. The lowest BCUT2D eigenvalue weighted by Gasteiger charge is -2.43. The van der Waals surface area contributed by atoms with Crippen molar-refractivity contribution in [2.24, 2.45) is 0 Å². The van der Waals surface area contributed by atoms with Gasteiger partial charge in [-0.25, -0.2) is 0 Å². The molecule has 1 atom stereocenters. The summed E-state index contributed by atoms with van der Waals surface area (Å²) in [6, 6.07) is 26.0. The molecule has 1 aromatic heterocycles. The number of hydrogen-bond acceptors (Lipinski definition) is 6. The second-order valence-electron chi connectivity index (χ2n) is 9.49. The number of aromatic nitrogens is 4. The standard InChI is InChI=1S/C28H29F3N6O.2ClH/c1-35-15-16-36(19-24(35)26(20-9-5-3-6-10-20)21-11-7-4-8-12-21)18-22-17-23(13-14-25(22)38-2)37-27(28(29,30)31)32-33-34-37;;/h3-14,17,24,26H,15-16,18-19H2,1-2H3;2*1H. The Morgan fingerprint density at radius 3 is 2.12 bits per heavy atom. The third-order valence-electron chi connectivity index (χ3n) is 7.11. The molecule has 40 heavy (non-hydrogen) atoms. The molecule has 0 bridgehead atoms. The highest BCUT2D eigenvalue weighted by atomic mass is 35.5. The van der Waals surface area contributed by atoms with Crippen LogP contribution in [0.5, 0.6) is 5.75 Å². The van der Waals surface area contributed by atoms with Gasteiger partial charge in [-0.15, -0.1) is 29.9 Å². The molecule has 1 aliphatic rings. The molecule has 0 spiro atoms. The lowest BCUT2D eigenvalue weighted by atomic mass is 9.83. The van der Waals surface area contributed by atoms with Crippen LogP contribution in [0.4, 0.5) is 13.2 Å². The van der Waals surface area contributed by atoms with Gasteiger partial charge >= 0.3 is 6.18 Å². The molecule has 1 aliphatic heterocycles. The molecule has 4 aromatic rings. The topological polar surface area (TPSA) is 59.3 Å². The summed E-state index contributed by atoms with van der Waals surface area (Å²) in [4.78, 5) is 4.72. The summed E-state index contributed by atoms with van der Waals surface area (Å²) in [6.07, 6.45) is -4.67. The summed E-state index contributed by atoms with van der Waals surface area (Å²) in [5.41, 5.74) is 3.49. The molecular weight excluding hydrogens is 564 g/mol. The van der Waals surface area contributed by atoms with E-state index in [4.69, 9.17) is 4.74 Å². The second kappa shape index (κ2) is 13.5. The molecule has 1 unspecified atom stereocenters.